The number of carbonyl (C=O) groups is 1. The molecule has 1 heterocycles. The van der Waals surface area contributed by atoms with E-state index in [4.69, 9.17) is 0 Å². The summed E-state index contributed by atoms with van der Waals surface area (Å²) < 4.78 is 1.56. The van der Waals surface area contributed by atoms with E-state index in [-0.39, 0.29) is 11.5 Å². The number of hydrogen-bond donors (Lipinski definition) is 0. The number of hydrogen-bond acceptors (Lipinski definition) is 2. The van der Waals surface area contributed by atoms with Gasteiger partial charge >= 0.3 is 0 Å². The van der Waals surface area contributed by atoms with E-state index in [0.717, 1.165) is 5.56 Å². The fourth-order valence-electron chi connectivity index (χ4n) is 2.75. The van der Waals surface area contributed by atoms with Crippen LogP contribution in [0.5, 0.6) is 0 Å². The van der Waals surface area contributed by atoms with Crippen LogP contribution in [-0.2, 0) is 17.9 Å². The Morgan fingerprint density at radius 1 is 1.00 bits per heavy atom. The van der Waals surface area contributed by atoms with Crippen molar-refractivity contribution in [3.8, 4) is 0 Å². The van der Waals surface area contributed by atoms with Gasteiger partial charge in [-0.25, -0.2) is 0 Å². The summed E-state index contributed by atoms with van der Waals surface area (Å²) >= 11 is 0. The molecular weight excluding hydrogens is 300 g/mol. The van der Waals surface area contributed by atoms with Gasteiger partial charge in [-0.1, -0.05) is 42.5 Å². The van der Waals surface area contributed by atoms with E-state index in [1.54, 1.807) is 34.8 Å². The van der Waals surface area contributed by atoms with Crippen molar-refractivity contribution in [2.75, 3.05) is 7.05 Å². The molecule has 0 aliphatic rings. The summed E-state index contributed by atoms with van der Waals surface area (Å²) in [6.45, 7) is 0.966. The molecule has 0 aliphatic carbocycles. The first-order chi connectivity index (χ1) is 11.6. The molecule has 24 heavy (non-hydrogen) atoms. The van der Waals surface area contributed by atoms with Crippen LogP contribution in [0.15, 0.2) is 71.7 Å². The van der Waals surface area contributed by atoms with Gasteiger partial charge in [-0.2, -0.15) is 0 Å². The Balaban J connectivity index is 1.62. The molecule has 0 saturated carbocycles. The Morgan fingerprint density at radius 3 is 2.54 bits per heavy atom. The summed E-state index contributed by atoms with van der Waals surface area (Å²) in [6.07, 6.45) is 2.02. The van der Waals surface area contributed by atoms with Crippen LogP contribution in [0.25, 0.3) is 10.8 Å². The van der Waals surface area contributed by atoms with Crippen LogP contribution >= 0.6 is 0 Å². The van der Waals surface area contributed by atoms with Gasteiger partial charge in [0, 0.05) is 38.8 Å². The average molecular weight is 320 g/mol. The highest BCUT2D eigenvalue weighted by molar-refractivity contribution is 5.83. The Hall–Kier alpha value is -2.88. The second kappa shape index (κ2) is 7.13. The first-order valence-corrected chi connectivity index (χ1v) is 8.00. The molecule has 0 N–H and O–H groups in total. The van der Waals surface area contributed by atoms with E-state index < -0.39 is 0 Å². The summed E-state index contributed by atoms with van der Waals surface area (Å²) in [5.74, 6) is 0.0268. The van der Waals surface area contributed by atoms with Crippen molar-refractivity contribution in [2.24, 2.45) is 0 Å². The molecular formula is C20H20N2O2. The number of amides is 1. The zero-order chi connectivity index (χ0) is 16.9. The highest BCUT2D eigenvalue weighted by Gasteiger charge is 2.10. The predicted octanol–water partition coefficient (Wildman–Crippen LogP) is 3.05. The van der Waals surface area contributed by atoms with Crippen molar-refractivity contribution in [3.63, 3.8) is 0 Å². The van der Waals surface area contributed by atoms with E-state index in [1.807, 2.05) is 18.2 Å². The normalized spacial score (nSPS) is 10.7. The zero-order valence-electron chi connectivity index (χ0n) is 13.7. The summed E-state index contributed by atoms with van der Waals surface area (Å²) in [6, 6.07) is 19.4. The van der Waals surface area contributed by atoms with Gasteiger partial charge in [-0.05, 0) is 28.5 Å². The topological polar surface area (TPSA) is 42.3 Å². The molecule has 3 rings (SSSR count). The van der Waals surface area contributed by atoms with Crippen LogP contribution in [0, 0.1) is 0 Å². The minimum Gasteiger partial charge on any atom is -0.341 e. The Labute approximate surface area is 141 Å². The number of benzene rings is 2. The van der Waals surface area contributed by atoms with Crippen molar-refractivity contribution in [3.05, 3.63) is 82.8 Å². The Kier molecular flexibility index (Phi) is 4.75. The lowest BCUT2D eigenvalue weighted by Crippen LogP contribution is -2.28. The van der Waals surface area contributed by atoms with E-state index in [9.17, 15) is 9.59 Å². The number of rotatable bonds is 5. The van der Waals surface area contributed by atoms with Gasteiger partial charge in [0.25, 0.3) is 5.56 Å². The average Bonchev–Trinajstić information content (AvgIpc) is 2.60. The molecule has 4 nitrogen and oxygen atoms in total. The molecule has 4 heteroatoms. The van der Waals surface area contributed by atoms with Crippen molar-refractivity contribution in [1.29, 1.82) is 0 Å². The van der Waals surface area contributed by atoms with Gasteiger partial charge in [0.1, 0.15) is 0 Å². The minimum absolute atomic E-state index is 0.0268. The van der Waals surface area contributed by atoms with E-state index in [0.29, 0.717) is 19.5 Å². The van der Waals surface area contributed by atoms with E-state index >= 15 is 0 Å². The zero-order valence-corrected chi connectivity index (χ0v) is 13.7. The van der Waals surface area contributed by atoms with E-state index in [1.165, 1.54) is 16.8 Å². The predicted molar refractivity (Wildman–Crippen MR) is 95.7 cm³/mol. The molecule has 0 saturated heterocycles. The van der Waals surface area contributed by atoms with E-state index in [2.05, 4.69) is 24.3 Å². The summed E-state index contributed by atoms with van der Waals surface area (Å²) in [5, 5.41) is 2.37. The Bertz CT molecular complexity index is 914. The molecule has 0 spiro atoms. The van der Waals surface area contributed by atoms with Crippen molar-refractivity contribution >= 4 is 16.7 Å². The highest BCUT2D eigenvalue weighted by atomic mass is 16.2. The lowest BCUT2D eigenvalue weighted by Gasteiger charge is -2.18. The SMILES string of the molecule is CN(Cc1ccc2ccccc2c1)C(=O)CCn1ccccc1=O. The quantitative estimate of drug-likeness (QED) is 0.725. The maximum atomic E-state index is 12.3. The van der Waals surface area contributed by atoms with Gasteiger partial charge in [-0.3, -0.25) is 9.59 Å². The smallest absolute Gasteiger partial charge is 0.250 e. The molecule has 0 atom stereocenters. The van der Waals surface area contributed by atoms with Gasteiger partial charge < -0.3 is 9.47 Å². The number of fused-ring (bicyclic) bond motifs is 1. The maximum absolute atomic E-state index is 12.3. The number of aromatic nitrogens is 1. The molecule has 2 aromatic carbocycles. The van der Waals surface area contributed by atoms with Crippen LogP contribution in [0.4, 0.5) is 0 Å². The third-order valence-corrected chi connectivity index (χ3v) is 4.12. The fraction of sp³-hybridized carbons (Fsp3) is 0.200. The summed E-state index contributed by atoms with van der Waals surface area (Å²) in [5.41, 5.74) is 1.02. The molecule has 1 amide bonds. The molecule has 0 fully saturated rings. The van der Waals surface area contributed by atoms with Crippen LogP contribution in [0.3, 0.4) is 0 Å². The molecule has 1 aromatic heterocycles. The molecule has 3 aromatic rings. The second-order valence-electron chi connectivity index (χ2n) is 5.91. The monoisotopic (exact) mass is 320 g/mol. The lowest BCUT2D eigenvalue weighted by atomic mass is 10.1. The molecule has 0 aliphatic heterocycles. The number of pyridine rings is 1. The van der Waals surface area contributed by atoms with Crippen molar-refractivity contribution in [1.82, 2.24) is 9.47 Å². The lowest BCUT2D eigenvalue weighted by molar-refractivity contribution is -0.130. The van der Waals surface area contributed by atoms with Gasteiger partial charge in [-0.15, -0.1) is 0 Å². The largest absolute Gasteiger partial charge is 0.341 e. The third-order valence-electron chi connectivity index (χ3n) is 4.12. The standard InChI is InChI=1S/C20H20N2O2/c1-21(19(23)11-13-22-12-5-4-8-20(22)24)15-16-9-10-17-6-2-3-7-18(17)14-16/h2-10,12,14H,11,13,15H2,1H3. The number of carbonyl (C=O) groups excluding carboxylic acids is 1. The Morgan fingerprint density at radius 2 is 1.75 bits per heavy atom. The molecule has 122 valence electrons. The van der Waals surface area contributed by atoms with Crippen LogP contribution < -0.4 is 5.56 Å². The van der Waals surface area contributed by atoms with Crippen LogP contribution in [0.2, 0.25) is 0 Å². The molecule has 0 radical (unpaired) electrons. The first kappa shape index (κ1) is 16.0. The molecule has 0 bridgehead atoms. The summed E-state index contributed by atoms with van der Waals surface area (Å²) in [4.78, 5) is 25.7. The van der Waals surface area contributed by atoms with Crippen molar-refractivity contribution < 1.29 is 4.79 Å². The number of nitrogens with zero attached hydrogens (tertiary/aromatic N) is 2. The number of aryl methyl sites for hydroxylation is 1. The minimum atomic E-state index is -0.0810. The van der Waals surface area contributed by atoms with Crippen LogP contribution in [-0.4, -0.2) is 22.4 Å². The highest BCUT2D eigenvalue weighted by Crippen LogP contribution is 2.16. The van der Waals surface area contributed by atoms with Crippen LogP contribution in [0.1, 0.15) is 12.0 Å². The summed E-state index contributed by atoms with van der Waals surface area (Å²) in [7, 11) is 1.80. The molecule has 0 unspecified atom stereocenters. The van der Waals surface area contributed by atoms with Gasteiger partial charge in [0.2, 0.25) is 5.91 Å². The van der Waals surface area contributed by atoms with Gasteiger partial charge in [0.05, 0.1) is 0 Å². The fourth-order valence-corrected chi connectivity index (χ4v) is 2.75. The second-order valence-corrected chi connectivity index (χ2v) is 5.91. The third kappa shape index (κ3) is 3.71. The van der Waals surface area contributed by atoms with Gasteiger partial charge in [0.15, 0.2) is 0 Å². The maximum Gasteiger partial charge on any atom is 0.250 e. The van der Waals surface area contributed by atoms with Crippen molar-refractivity contribution in [2.45, 2.75) is 19.5 Å². The first-order valence-electron chi connectivity index (χ1n) is 8.00.